The maximum Gasteiger partial charge on any atom is 0.257 e. The van der Waals surface area contributed by atoms with Crippen molar-refractivity contribution >= 4 is 5.91 Å². The fourth-order valence-corrected chi connectivity index (χ4v) is 3.53. The summed E-state index contributed by atoms with van der Waals surface area (Å²) in [6, 6.07) is 10.1. The minimum atomic E-state index is 0.145. The van der Waals surface area contributed by atoms with Crippen LogP contribution >= 0.6 is 0 Å². The number of hydrogen-bond acceptors (Lipinski definition) is 3. The maximum atomic E-state index is 13.3. The number of likely N-dealkylation sites (N-methyl/N-ethyl adjacent to an activating group) is 1. The topological polar surface area (TPSA) is 41.4 Å². The molecule has 25 heavy (non-hydrogen) atoms. The van der Waals surface area contributed by atoms with E-state index in [1.807, 2.05) is 39.9 Å². The molecule has 1 aromatic carbocycles. The van der Waals surface area contributed by atoms with Gasteiger partial charge in [-0.25, -0.2) is 4.68 Å². The molecule has 134 valence electrons. The van der Waals surface area contributed by atoms with Crippen LogP contribution in [0.1, 0.15) is 42.5 Å². The first-order valence-electron chi connectivity index (χ1n) is 9.37. The first-order valence-corrected chi connectivity index (χ1v) is 9.37. The van der Waals surface area contributed by atoms with Crippen LogP contribution in [0.15, 0.2) is 30.3 Å². The van der Waals surface area contributed by atoms with Crippen LogP contribution in [0.25, 0.3) is 5.69 Å². The van der Waals surface area contributed by atoms with Gasteiger partial charge < -0.3 is 9.80 Å². The molecule has 1 aromatic heterocycles. The second-order valence-corrected chi connectivity index (χ2v) is 6.45. The number of aromatic nitrogens is 2. The molecule has 1 fully saturated rings. The van der Waals surface area contributed by atoms with Crippen LogP contribution in [-0.2, 0) is 12.8 Å². The van der Waals surface area contributed by atoms with E-state index < -0.39 is 0 Å². The van der Waals surface area contributed by atoms with E-state index >= 15 is 0 Å². The van der Waals surface area contributed by atoms with Crippen LogP contribution in [0.4, 0.5) is 0 Å². The minimum absolute atomic E-state index is 0.145. The zero-order valence-electron chi connectivity index (χ0n) is 15.5. The molecule has 0 N–H and O–H groups in total. The van der Waals surface area contributed by atoms with Crippen LogP contribution in [0, 0.1) is 0 Å². The minimum Gasteiger partial charge on any atom is -0.336 e. The summed E-state index contributed by atoms with van der Waals surface area (Å²) in [6.45, 7) is 10.9. The number of benzene rings is 1. The summed E-state index contributed by atoms with van der Waals surface area (Å²) in [6.07, 6.45) is 1.56. The SMILES string of the molecule is CCc1nn(-c2ccccc2)c(CC)c1C(=O)N1CCN(CC)CC1. The molecule has 1 aliphatic heterocycles. The average molecular weight is 340 g/mol. The van der Waals surface area contributed by atoms with Crippen LogP contribution < -0.4 is 0 Å². The number of amides is 1. The van der Waals surface area contributed by atoms with Gasteiger partial charge in [-0.1, -0.05) is 39.0 Å². The number of carbonyl (C=O) groups excluding carboxylic acids is 1. The third-order valence-electron chi connectivity index (χ3n) is 5.04. The molecule has 0 bridgehead atoms. The highest BCUT2D eigenvalue weighted by Gasteiger charge is 2.28. The molecule has 0 unspecified atom stereocenters. The highest BCUT2D eigenvalue weighted by molar-refractivity contribution is 5.96. The molecule has 0 saturated carbocycles. The Morgan fingerprint density at radius 1 is 1.00 bits per heavy atom. The molecular weight excluding hydrogens is 312 g/mol. The van der Waals surface area contributed by atoms with Gasteiger partial charge in [-0.05, 0) is 31.5 Å². The Bertz CT molecular complexity index is 715. The first-order chi connectivity index (χ1) is 12.2. The Kier molecular flexibility index (Phi) is 5.53. The van der Waals surface area contributed by atoms with E-state index in [0.29, 0.717) is 0 Å². The first kappa shape index (κ1) is 17.7. The van der Waals surface area contributed by atoms with Crippen molar-refractivity contribution in [2.45, 2.75) is 33.6 Å². The summed E-state index contributed by atoms with van der Waals surface area (Å²) >= 11 is 0. The number of nitrogens with zero attached hydrogens (tertiary/aromatic N) is 4. The lowest BCUT2D eigenvalue weighted by Gasteiger charge is -2.34. The van der Waals surface area contributed by atoms with Gasteiger partial charge in [0.25, 0.3) is 5.91 Å². The molecule has 1 aliphatic rings. The van der Waals surface area contributed by atoms with Crippen molar-refractivity contribution in [2.24, 2.45) is 0 Å². The quantitative estimate of drug-likeness (QED) is 0.840. The molecule has 5 nitrogen and oxygen atoms in total. The highest BCUT2D eigenvalue weighted by Crippen LogP contribution is 2.22. The predicted octanol–water partition coefficient (Wildman–Crippen LogP) is 2.77. The standard InChI is InChI=1S/C20H28N4O/c1-4-17-19(20(25)23-14-12-22(6-3)13-15-23)18(5-2)24(21-17)16-10-8-7-9-11-16/h7-11H,4-6,12-15H2,1-3H3. The number of hydrogen-bond donors (Lipinski definition) is 0. The molecule has 5 heteroatoms. The van der Waals surface area contributed by atoms with E-state index in [4.69, 9.17) is 5.10 Å². The summed E-state index contributed by atoms with van der Waals surface area (Å²) in [4.78, 5) is 17.6. The van der Waals surface area contributed by atoms with Gasteiger partial charge in [-0.2, -0.15) is 5.10 Å². The molecule has 0 aliphatic carbocycles. The molecule has 3 rings (SSSR count). The van der Waals surface area contributed by atoms with Crippen molar-refractivity contribution in [3.63, 3.8) is 0 Å². The fourth-order valence-electron chi connectivity index (χ4n) is 3.53. The Morgan fingerprint density at radius 3 is 2.24 bits per heavy atom. The lowest BCUT2D eigenvalue weighted by molar-refractivity contribution is 0.0641. The van der Waals surface area contributed by atoms with Gasteiger partial charge in [0.05, 0.1) is 22.6 Å². The number of carbonyl (C=O) groups is 1. The molecule has 0 spiro atoms. The second-order valence-electron chi connectivity index (χ2n) is 6.45. The summed E-state index contributed by atoms with van der Waals surface area (Å²) in [5.74, 6) is 0.145. The van der Waals surface area contributed by atoms with Crippen LogP contribution in [0.3, 0.4) is 0 Å². The highest BCUT2D eigenvalue weighted by atomic mass is 16.2. The largest absolute Gasteiger partial charge is 0.336 e. The van der Waals surface area contributed by atoms with E-state index in [1.165, 1.54) is 0 Å². The Morgan fingerprint density at radius 2 is 1.68 bits per heavy atom. The summed E-state index contributed by atoms with van der Waals surface area (Å²) in [7, 11) is 0. The average Bonchev–Trinajstić information content (AvgIpc) is 3.06. The van der Waals surface area contributed by atoms with Crippen molar-refractivity contribution in [3.05, 3.63) is 47.3 Å². The van der Waals surface area contributed by atoms with E-state index in [1.54, 1.807) is 0 Å². The van der Waals surface area contributed by atoms with Gasteiger partial charge in [0.15, 0.2) is 0 Å². The van der Waals surface area contributed by atoms with Crippen LogP contribution in [0.2, 0.25) is 0 Å². The monoisotopic (exact) mass is 340 g/mol. The van der Waals surface area contributed by atoms with Crippen molar-refractivity contribution in [3.8, 4) is 5.69 Å². The Labute approximate surface area is 150 Å². The third kappa shape index (κ3) is 3.47. The molecular formula is C20H28N4O. The predicted molar refractivity (Wildman–Crippen MR) is 100 cm³/mol. The van der Waals surface area contributed by atoms with Crippen LogP contribution in [-0.4, -0.2) is 58.2 Å². The smallest absolute Gasteiger partial charge is 0.257 e. The van der Waals surface area contributed by atoms with Crippen molar-refractivity contribution in [2.75, 3.05) is 32.7 Å². The van der Waals surface area contributed by atoms with Gasteiger partial charge in [-0.15, -0.1) is 0 Å². The van der Waals surface area contributed by atoms with Gasteiger partial charge in [0, 0.05) is 26.2 Å². The van der Waals surface area contributed by atoms with Gasteiger partial charge in [-0.3, -0.25) is 4.79 Å². The number of piperazine rings is 1. The van der Waals surface area contributed by atoms with Crippen molar-refractivity contribution in [1.29, 1.82) is 0 Å². The Balaban J connectivity index is 1.95. The lowest BCUT2D eigenvalue weighted by atomic mass is 10.1. The third-order valence-corrected chi connectivity index (χ3v) is 5.04. The van der Waals surface area contributed by atoms with E-state index in [0.717, 1.165) is 68.2 Å². The van der Waals surface area contributed by atoms with Crippen molar-refractivity contribution < 1.29 is 4.79 Å². The van der Waals surface area contributed by atoms with Crippen LogP contribution in [0.5, 0.6) is 0 Å². The molecule has 0 atom stereocenters. The molecule has 2 heterocycles. The number of aryl methyl sites for hydroxylation is 1. The summed E-state index contributed by atoms with van der Waals surface area (Å²) in [5.41, 5.74) is 3.76. The fraction of sp³-hybridized carbons (Fsp3) is 0.500. The maximum absolute atomic E-state index is 13.3. The van der Waals surface area contributed by atoms with Gasteiger partial charge in [0.2, 0.25) is 0 Å². The summed E-state index contributed by atoms with van der Waals surface area (Å²) in [5, 5.41) is 4.78. The molecule has 1 amide bonds. The van der Waals surface area contributed by atoms with E-state index in [2.05, 4.69) is 25.7 Å². The van der Waals surface area contributed by atoms with Gasteiger partial charge >= 0.3 is 0 Å². The molecule has 2 aromatic rings. The zero-order chi connectivity index (χ0) is 17.8. The molecule has 0 radical (unpaired) electrons. The number of rotatable bonds is 5. The lowest BCUT2D eigenvalue weighted by Crippen LogP contribution is -2.48. The second kappa shape index (κ2) is 7.83. The van der Waals surface area contributed by atoms with E-state index in [9.17, 15) is 4.79 Å². The molecule has 1 saturated heterocycles. The Hall–Kier alpha value is -2.14. The zero-order valence-corrected chi connectivity index (χ0v) is 15.5. The van der Waals surface area contributed by atoms with Gasteiger partial charge in [0.1, 0.15) is 0 Å². The summed E-state index contributed by atoms with van der Waals surface area (Å²) < 4.78 is 1.95. The normalized spacial score (nSPS) is 15.6. The van der Waals surface area contributed by atoms with E-state index in [-0.39, 0.29) is 5.91 Å². The van der Waals surface area contributed by atoms with Crippen molar-refractivity contribution in [1.82, 2.24) is 19.6 Å². The number of para-hydroxylation sites is 1.